The van der Waals surface area contributed by atoms with Crippen LogP contribution in [-0.4, -0.2) is 29.7 Å². The average molecular weight is 319 g/mol. The second-order valence-electron chi connectivity index (χ2n) is 7.29. The van der Waals surface area contributed by atoms with Crippen molar-refractivity contribution in [1.29, 1.82) is 0 Å². The molecule has 2 aromatic carbocycles. The number of rotatable bonds is 1. The minimum Gasteiger partial charge on any atom is -0.338 e. The van der Waals surface area contributed by atoms with Gasteiger partial charge in [0.15, 0.2) is 5.78 Å². The second kappa shape index (κ2) is 5.59. The van der Waals surface area contributed by atoms with Crippen LogP contribution in [0.25, 0.3) is 11.1 Å². The Morgan fingerprint density at radius 1 is 0.917 bits per heavy atom. The Hall–Kier alpha value is -2.42. The number of ketones is 1. The first kappa shape index (κ1) is 15.1. The van der Waals surface area contributed by atoms with Crippen LogP contribution in [0, 0.1) is 11.8 Å². The molecule has 1 aliphatic heterocycles. The average Bonchev–Trinajstić information content (AvgIpc) is 2.86. The molecule has 1 amide bonds. The number of carbonyl (C=O) groups excluding carboxylic acids is 2. The van der Waals surface area contributed by atoms with Gasteiger partial charge in [-0.2, -0.15) is 0 Å². The van der Waals surface area contributed by atoms with E-state index in [1.807, 2.05) is 41.3 Å². The van der Waals surface area contributed by atoms with Crippen molar-refractivity contribution in [3.8, 4) is 11.1 Å². The number of benzene rings is 2. The molecule has 3 nitrogen and oxygen atoms in total. The Morgan fingerprint density at radius 2 is 1.54 bits per heavy atom. The molecule has 4 rings (SSSR count). The van der Waals surface area contributed by atoms with E-state index in [2.05, 4.69) is 13.8 Å². The first-order valence-corrected chi connectivity index (χ1v) is 8.62. The van der Waals surface area contributed by atoms with Crippen LogP contribution >= 0.6 is 0 Å². The molecular formula is C21H21NO2. The lowest BCUT2D eigenvalue weighted by molar-refractivity contribution is 0.0623. The molecule has 2 aliphatic rings. The molecule has 0 unspecified atom stereocenters. The smallest absolute Gasteiger partial charge is 0.253 e. The maximum atomic E-state index is 12.9. The molecule has 1 saturated heterocycles. The van der Waals surface area contributed by atoms with E-state index in [9.17, 15) is 9.59 Å². The molecule has 2 aromatic rings. The Labute approximate surface area is 142 Å². The Bertz CT molecular complexity index is 829. The number of piperidine rings is 1. The predicted octanol–water partition coefficient (Wildman–Crippen LogP) is 4.02. The fourth-order valence-electron chi connectivity index (χ4n) is 4.17. The summed E-state index contributed by atoms with van der Waals surface area (Å²) in [6.07, 6.45) is 1.17. The zero-order valence-electron chi connectivity index (χ0n) is 14.1. The van der Waals surface area contributed by atoms with E-state index in [1.54, 1.807) is 6.07 Å². The van der Waals surface area contributed by atoms with Crippen molar-refractivity contribution < 1.29 is 9.59 Å². The standard InChI is InChI=1S/C21H21NO2/c1-13-9-14(2)12-22(11-13)21(24)15-7-8-17-16-5-3-4-6-18(16)20(23)19(17)10-15/h3-8,10,13-14H,9,11-12H2,1-2H3/t13-,14-/m1/s1. The third-order valence-electron chi connectivity index (χ3n) is 5.13. The van der Waals surface area contributed by atoms with Crippen molar-refractivity contribution >= 4 is 11.7 Å². The van der Waals surface area contributed by atoms with Crippen molar-refractivity contribution in [2.75, 3.05) is 13.1 Å². The highest BCUT2D eigenvalue weighted by Crippen LogP contribution is 2.37. The summed E-state index contributed by atoms with van der Waals surface area (Å²) in [7, 11) is 0. The number of hydrogen-bond acceptors (Lipinski definition) is 2. The van der Waals surface area contributed by atoms with E-state index >= 15 is 0 Å². The van der Waals surface area contributed by atoms with Gasteiger partial charge in [0.25, 0.3) is 5.91 Å². The zero-order valence-corrected chi connectivity index (χ0v) is 14.1. The predicted molar refractivity (Wildman–Crippen MR) is 94.2 cm³/mol. The number of nitrogens with zero attached hydrogens (tertiary/aromatic N) is 1. The van der Waals surface area contributed by atoms with Crippen LogP contribution in [0.2, 0.25) is 0 Å². The minimum atomic E-state index is 0.0237. The molecule has 0 bridgehead atoms. The van der Waals surface area contributed by atoms with E-state index in [1.165, 1.54) is 6.42 Å². The van der Waals surface area contributed by atoms with Gasteiger partial charge in [-0.15, -0.1) is 0 Å². The summed E-state index contributed by atoms with van der Waals surface area (Å²) in [4.78, 5) is 27.4. The summed E-state index contributed by atoms with van der Waals surface area (Å²) in [6.45, 7) is 5.99. The van der Waals surface area contributed by atoms with Crippen molar-refractivity contribution in [1.82, 2.24) is 4.90 Å². The molecule has 1 aliphatic carbocycles. The normalized spacial score (nSPS) is 22.2. The number of amides is 1. The summed E-state index contributed by atoms with van der Waals surface area (Å²) in [6, 6.07) is 13.2. The zero-order chi connectivity index (χ0) is 16.8. The van der Waals surface area contributed by atoms with E-state index in [0.29, 0.717) is 23.0 Å². The van der Waals surface area contributed by atoms with Gasteiger partial charge in [0, 0.05) is 29.8 Å². The van der Waals surface area contributed by atoms with E-state index in [4.69, 9.17) is 0 Å². The number of carbonyl (C=O) groups is 2. The summed E-state index contributed by atoms with van der Waals surface area (Å²) in [5.74, 6) is 1.12. The number of fused-ring (bicyclic) bond motifs is 3. The monoisotopic (exact) mass is 319 g/mol. The van der Waals surface area contributed by atoms with Crippen molar-refractivity contribution in [2.24, 2.45) is 11.8 Å². The van der Waals surface area contributed by atoms with E-state index in [0.717, 1.165) is 29.8 Å². The molecule has 0 radical (unpaired) electrons. The Morgan fingerprint density at radius 3 is 2.25 bits per heavy atom. The van der Waals surface area contributed by atoms with Crippen LogP contribution in [0.3, 0.4) is 0 Å². The third kappa shape index (κ3) is 2.35. The molecule has 1 heterocycles. The maximum absolute atomic E-state index is 12.9. The number of hydrogen-bond donors (Lipinski definition) is 0. The first-order valence-electron chi connectivity index (χ1n) is 8.62. The van der Waals surface area contributed by atoms with Crippen molar-refractivity contribution in [3.05, 3.63) is 59.2 Å². The van der Waals surface area contributed by atoms with Crippen molar-refractivity contribution in [2.45, 2.75) is 20.3 Å². The van der Waals surface area contributed by atoms with Crippen molar-refractivity contribution in [3.63, 3.8) is 0 Å². The second-order valence-corrected chi connectivity index (χ2v) is 7.29. The maximum Gasteiger partial charge on any atom is 0.253 e. The van der Waals surface area contributed by atoms with E-state index in [-0.39, 0.29) is 11.7 Å². The quantitative estimate of drug-likeness (QED) is 0.679. The molecule has 3 heteroatoms. The Kier molecular flexibility index (Phi) is 3.52. The lowest BCUT2D eigenvalue weighted by Gasteiger charge is -2.35. The summed E-state index contributed by atoms with van der Waals surface area (Å²) < 4.78 is 0. The highest BCUT2D eigenvalue weighted by Gasteiger charge is 2.30. The van der Waals surface area contributed by atoms with Gasteiger partial charge in [-0.05, 0) is 41.5 Å². The fourth-order valence-corrected chi connectivity index (χ4v) is 4.17. The molecule has 122 valence electrons. The third-order valence-corrected chi connectivity index (χ3v) is 5.13. The van der Waals surface area contributed by atoms with Gasteiger partial charge in [-0.25, -0.2) is 0 Å². The lowest BCUT2D eigenvalue weighted by atomic mass is 9.91. The fraction of sp³-hybridized carbons (Fsp3) is 0.333. The van der Waals surface area contributed by atoms with Crippen LogP contribution < -0.4 is 0 Å². The van der Waals surface area contributed by atoms with Crippen LogP contribution in [-0.2, 0) is 0 Å². The molecule has 24 heavy (non-hydrogen) atoms. The molecular weight excluding hydrogens is 298 g/mol. The van der Waals surface area contributed by atoms with Crippen LogP contribution in [0.1, 0.15) is 46.5 Å². The molecule has 0 spiro atoms. The van der Waals surface area contributed by atoms with Gasteiger partial charge < -0.3 is 4.90 Å². The molecule has 0 aromatic heterocycles. The van der Waals surface area contributed by atoms with Crippen LogP contribution in [0.5, 0.6) is 0 Å². The molecule has 0 saturated carbocycles. The van der Waals surface area contributed by atoms with Gasteiger partial charge in [0.05, 0.1) is 0 Å². The largest absolute Gasteiger partial charge is 0.338 e. The Balaban J connectivity index is 1.68. The van der Waals surface area contributed by atoms with Gasteiger partial charge >= 0.3 is 0 Å². The topological polar surface area (TPSA) is 37.4 Å². The SMILES string of the molecule is C[C@@H]1C[C@@H](C)CN(C(=O)c2ccc3c(c2)C(=O)c2ccccc2-3)C1. The van der Waals surface area contributed by atoms with Crippen LogP contribution in [0.15, 0.2) is 42.5 Å². The summed E-state index contributed by atoms with van der Waals surface area (Å²) in [5.41, 5.74) is 3.91. The van der Waals surface area contributed by atoms with Crippen LogP contribution in [0.4, 0.5) is 0 Å². The highest BCUT2D eigenvalue weighted by atomic mass is 16.2. The summed E-state index contributed by atoms with van der Waals surface area (Å²) >= 11 is 0. The lowest BCUT2D eigenvalue weighted by Crippen LogP contribution is -2.42. The number of likely N-dealkylation sites (tertiary alicyclic amines) is 1. The van der Waals surface area contributed by atoms with Gasteiger partial charge in [-0.1, -0.05) is 44.2 Å². The first-order chi connectivity index (χ1) is 11.5. The molecule has 2 atom stereocenters. The summed E-state index contributed by atoms with van der Waals surface area (Å²) in [5, 5.41) is 0. The van der Waals surface area contributed by atoms with Gasteiger partial charge in [-0.3, -0.25) is 9.59 Å². The molecule has 0 N–H and O–H groups in total. The van der Waals surface area contributed by atoms with E-state index < -0.39 is 0 Å². The van der Waals surface area contributed by atoms with Gasteiger partial charge in [0.1, 0.15) is 0 Å². The van der Waals surface area contributed by atoms with Gasteiger partial charge in [0.2, 0.25) is 0 Å². The molecule has 1 fully saturated rings. The minimum absolute atomic E-state index is 0.0237. The highest BCUT2D eigenvalue weighted by molar-refractivity contribution is 6.22.